The van der Waals surface area contributed by atoms with Crippen molar-refractivity contribution in [3.8, 4) is 0 Å². The van der Waals surface area contributed by atoms with E-state index in [2.05, 4.69) is 35.0 Å². The van der Waals surface area contributed by atoms with Gasteiger partial charge >= 0.3 is 0 Å². The molecule has 1 aliphatic carbocycles. The molecule has 88 valence electrons. The highest BCUT2D eigenvalue weighted by molar-refractivity contribution is 9.10. The van der Waals surface area contributed by atoms with Crippen LogP contribution in [0.4, 0.5) is 0 Å². The number of halogens is 1. The lowest BCUT2D eigenvalue weighted by atomic mass is 9.83. The highest BCUT2D eigenvalue weighted by atomic mass is 79.9. The standard InChI is InChI=1S/C14H19BrO/c1-2-12-7-5-9-14(12,16)10-11-6-3-4-8-13(11)15/h3-4,6,8,12,16H,2,5,7,9-10H2,1H3. The van der Waals surface area contributed by atoms with Crippen LogP contribution in [0.1, 0.15) is 38.2 Å². The summed E-state index contributed by atoms with van der Waals surface area (Å²) >= 11 is 3.56. The lowest BCUT2D eigenvalue weighted by Crippen LogP contribution is -2.35. The topological polar surface area (TPSA) is 20.2 Å². The molecule has 0 aromatic heterocycles. The van der Waals surface area contributed by atoms with Gasteiger partial charge in [-0.05, 0) is 30.4 Å². The predicted octanol–water partition coefficient (Wildman–Crippen LogP) is 3.93. The molecule has 2 atom stereocenters. The van der Waals surface area contributed by atoms with Crippen LogP contribution in [0.2, 0.25) is 0 Å². The molecule has 2 rings (SSSR count). The van der Waals surface area contributed by atoms with Crippen LogP contribution in [0.5, 0.6) is 0 Å². The highest BCUT2D eigenvalue weighted by Crippen LogP contribution is 2.40. The molecule has 0 heterocycles. The number of rotatable bonds is 3. The number of hydrogen-bond acceptors (Lipinski definition) is 1. The van der Waals surface area contributed by atoms with Crippen LogP contribution < -0.4 is 0 Å². The van der Waals surface area contributed by atoms with Crippen molar-refractivity contribution in [3.63, 3.8) is 0 Å². The minimum absolute atomic E-state index is 0.472. The first-order valence-corrected chi connectivity index (χ1v) is 6.91. The molecule has 2 unspecified atom stereocenters. The lowest BCUT2D eigenvalue weighted by Gasteiger charge is -2.30. The molecule has 1 aromatic rings. The second-order valence-electron chi connectivity index (χ2n) is 4.87. The molecule has 0 radical (unpaired) electrons. The summed E-state index contributed by atoms with van der Waals surface area (Å²) in [6.07, 6.45) is 5.16. The number of hydrogen-bond donors (Lipinski definition) is 1. The van der Waals surface area contributed by atoms with Crippen LogP contribution in [0, 0.1) is 5.92 Å². The van der Waals surface area contributed by atoms with E-state index in [9.17, 15) is 5.11 Å². The molecule has 1 saturated carbocycles. The third-order valence-corrected chi connectivity index (χ3v) is 4.64. The van der Waals surface area contributed by atoms with E-state index in [1.807, 2.05) is 12.1 Å². The Bertz CT molecular complexity index is 364. The fraction of sp³-hybridized carbons (Fsp3) is 0.571. The number of benzene rings is 1. The minimum Gasteiger partial charge on any atom is -0.389 e. The zero-order valence-electron chi connectivity index (χ0n) is 9.75. The average molecular weight is 283 g/mol. The molecule has 0 bridgehead atoms. The van der Waals surface area contributed by atoms with E-state index in [-0.39, 0.29) is 0 Å². The molecule has 1 N–H and O–H groups in total. The van der Waals surface area contributed by atoms with Gasteiger partial charge in [0.2, 0.25) is 0 Å². The summed E-state index contributed by atoms with van der Waals surface area (Å²) in [6, 6.07) is 8.21. The van der Waals surface area contributed by atoms with Crippen molar-refractivity contribution in [1.82, 2.24) is 0 Å². The average Bonchev–Trinajstić information content (AvgIpc) is 2.63. The Hall–Kier alpha value is -0.340. The van der Waals surface area contributed by atoms with E-state index < -0.39 is 5.60 Å². The van der Waals surface area contributed by atoms with Crippen molar-refractivity contribution in [2.24, 2.45) is 5.92 Å². The summed E-state index contributed by atoms with van der Waals surface area (Å²) in [5.41, 5.74) is 0.754. The van der Waals surface area contributed by atoms with Crippen LogP contribution in [-0.4, -0.2) is 10.7 Å². The van der Waals surface area contributed by atoms with Crippen molar-refractivity contribution in [1.29, 1.82) is 0 Å². The minimum atomic E-state index is -0.474. The summed E-state index contributed by atoms with van der Waals surface area (Å²) in [5, 5.41) is 10.7. The van der Waals surface area contributed by atoms with Crippen LogP contribution in [0.15, 0.2) is 28.7 Å². The Kier molecular flexibility index (Phi) is 3.70. The van der Waals surface area contributed by atoms with Gasteiger partial charge in [0.25, 0.3) is 0 Å². The van der Waals surface area contributed by atoms with Gasteiger partial charge in [-0.25, -0.2) is 0 Å². The Balaban J connectivity index is 2.17. The van der Waals surface area contributed by atoms with Gasteiger partial charge in [0.05, 0.1) is 5.60 Å². The maximum absolute atomic E-state index is 10.7. The van der Waals surface area contributed by atoms with E-state index in [4.69, 9.17) is 0 Å². The van der Waals surface area contributed by atoms with E-state index in [1.165, 1.54) is 18.4 Å². The summed E-state index contributed by atoms with van der Waals surface area (Å²) in [4.78, 5) is 0. The summed E-state index contributed by atoms with van der Waals surface area (Å²) in [6.45, 7) is 2.18. The lowest BCUT2D eigenvalue weighted by molar-refractivity contribution is 0.00133. The molecule has 1 fully saturated rings. The largest absolute Gasteiger partial charge is 0.389 e. The van der Waals surface area contributed by atoms with Crippen molar-refractivity contribution in [2.45, 2.75) is 44.6 Å². The van der Waals surface area contributed by atoms with Gasteiger partial charge in [-0.3, -0.25) is 0 Å². The molecule has 1 aromatic carbocycles. The van der Waals surface area contributed by atoms with Crippen LogP contribution in [-0.2, 0) is 6.42 Å². The molecule has 2 heteroatoms. The monoisotopic (exact) mass is 282 g/mol. The normalized spacial score (nSPS) is 29.6. The predicted molar refractivity (Wildman–Crippen MR) is 70.4 cm³/mol. The Morgan fingerprint density at radius 1 is 1.44 bits per heavy atom. The van der Waals surface area contributed by atoms with Gasteiger partial charge in [-0.1, -0.05) is 53.9 Å². The van der Waals surface area contributed by atoms with E-state index in [0.29, 0.717) is 5.92 Å². The molecule has 0 spiro atoms. The maximum Gasteiger partial charge on any atom is 0.0716 e. The second-order valence-corrected chi connectivity index (χ2v) is 5.72. The van der Waals surface area contributed by atoms with Gasteiger partial charge in [0, 0.05) is 10.9 Å². The molecule has 16 heavy (non-hydrogen) atoms. The van der Waals surface area contributed by atoms with Crippen molar-refractivity contribution in [3.05, 3.63) is 34.3 Å². The van der Waals surface area contributed by atoms with E-state index in [1.54, 1.807) is 0 Å². The first kappa shape index (κ1) is 12.1. The first-order chi connectivity index (χ1) is 7.65. The Morgan fingerprint density at radius 3 is 2.88 bits per heavy atom. The SMILES string of the molecule is CCC1CCCC1(O)Cc1ccccc1Br. The molecular formula is C14H19BrO. The Labute approximate surface area is 106 Å². The molecule has 0 aliphatic heterocycles. The Morgan fingerprint density at radius 2 is 2.19 bits per heavy atom. The molecule has 1 aliphatic rings. The first-order valence-electron chi connectivity index (χ1n) is 6.11. The smallest absolute Gasteiger partial charge is 0.0716 e. The van der Waals surface area contributed by atoms with Gasteiger partial charge in [-0.15, -0.1) is 0 Å². The molecular weight excluding hydrogens is 264 g/mol. The van der Waals surface area contributed by atoms with Crippen LogP contribution >= 0.6 is 15.9 Å². The summed E-state index contributed by atoms with van der Waals surface area (Å²) < 4.78 is 1.12. The second kappa shape index (κ2) is 4.89. The maximum atomic E-state index is 10.7. The molecule has 0 saturated heterocycles. The fourth-order valence-corrected chi connectivity index (χ4v) is 3.34. The van der Waals surface area contributed by atoms with Crippen molar-refractivity contribution < 1.29 is 5.11 Å². The molecule has 0 amide bonds. The third-order valence-electron chi connectivity index (χ3n) is 3.87. The molecule has 1 nitrogen and oxygen atoms in total. The van der Waals surface area contributed by atoms with E-state index >= 15 is 0 Å². The van der Waals surface area contributed by atoms with Gasteiger partial charge in [0.15, 0.2) is 0 Å². The quantitative estimate of drug-likeness (QED) is 0.891. The van der Waals surface area contributed by atoms with Crippen LogP contribution in [0.3, 0.4) is 0 Å². The van der Waals surface area contributed by atoms with E-state index in [0.717, 1.165) is 23.7 Å². The highest BCUT2D eigenvalue weighted by Gasteiger charge is 2.39. The van der Waals surface area contributed by atoms with Gasteiger partial charge < -0.3 is 5.11 Å². The van der Waals surface area contributed by atoms with Crippen molar-refractivity contribution in [2.75, 3.05) is 0 Å². The summed E-state index contributed by atoms with van der Waals surface area (Å²) in [5.74, 6) is 0.472. The number of aliphatic hydroxyl groups is 1. The van der Waals surface area contributed by atoms with Gasteiger partial charge in [-0.2, -0.15) is 0 Å². The summed E-state index contributed by atoms with van der Waals surface area (Å²) in [7, 11) is 0. The zero-order valence-corrected chi connectivity index (χ0v) is 11.3. The van der Waals surface area contributed by atoms with Crippen molar-refractivity contribution >= 4 is 15.9 Å². The fourth-order valence-electron chi connectivity index (χ4n) is 2.92. The van der Waals surface area contributed by atoms with Gasteiger partial charge in [0.1, 0.15) is 0 Å². The third kappa shape index (κ3) is 2.33. The zero-order chi connectivity index (χ0) is 11.6. The van der Waals surface area contributed by atoms with Crippen LogP contribution in [0.25, 0.3) is 0 Å².